The molecule has 114 valence electrons. The number of nitrogens with one attached hydrogen (secondary N) is 1. The van der Waals surface area contributed by atoms with Crippen molar-refractivity contribution < 1.29 is 4.39 Å². The molecule has 0 saturated carbocycles. The molecule has 20 heavy (non-hydrogen) atoms. The molecule has 0 atom stereocenters. The first-order valence-electron chi connectivity index (χ1n) is 6.47. The van der Waals surface area contributed by atoms with Crippen LogP contribution in [-0.2, 0) is 6.54 Å². The van der Waals surface area contributed by atoms with Gasteiger partial charge in [0.25, 0.3) is 0 Å². The summed E-state index contributed by atoms with van der Waals surface area (Å²) in [5, 5.41) is 3.04. The maximum Gasteiger partial charge on any atom is 0.188 e. The summed E-state index contributed by atoms with van der Waals surface area (Å²) >= 11 is 0. The minimum absolute atomic E-state index is 0. The van der Waals surface area contributed by atoms with Gasteiger partial charge in [0.05, 0.1) is 6.54 Å². The van der Waals surface area contributed by atoms with Crippen LogP contribution < -0.4 is 11.1 Å². The van der Waals surface area contributed by atoms with E-state index >= 15 is 0 Å². The lowest BCUT2D eigenvalue weighted by atomic mass is 10.2. The monoisotopic (exact) mass is 394 g/mol. The first kappa shape index (κ1) is 19.1. The summed E-state index contributed by atoms with van der Waals surface area (Å²) in [5.41, 5.74) is 6.79. The number of hydrogen-bond donors (Lipinski definition) is 2. The number of nitrogens with two attached hydrogens (primary N) is 1. The van der Waals surface area contributed by atoms with Crippen molar-refractivity contribution in [3.05, 3.63) is 35.6 Å². The Morgan fingerprint density at radius 3 is 2.50 bits per heavy atom. The quantitative estimate of drug-likeness (QED) is 0.442. The zero-order valence-corrected chi connectivity index (χ0v) is 14.6. The molecular formula is C14H24FIN4. The lowest BCUT2D eigenvalue weighted by Gasteiger charge is -2.16. The molecular weight excluding hydrogens is 370 g/mol. The minimum atomic E-state index is -0.205. The number of guanidine groups is 1. The fourth-order valence-corrected chi connectivity index (χ4v) is 1.66. The van der Waals surface area contributed by atoms with Crippen LogP contribution in [0.1, 0.15) is 19.4 Å². The lowest BCUT2D eigenvalue weighted by molar-refractivity contribution is 0.336. The largest absolute Gasteiger partial charge is 0.370 e. The molecule has 3 N–H and O–H groups in total. The maximum absolute atomic E-state index is 12.8. The van der Waals surface area contributed by atoms with Gasteiger partial charge in [-0.3, -0.25) is 4.99 Å². The topological polar surface area (TPSA) is 53.6 Å². The predicted molar refractivity (Wildman–Crippen MR) is 92.9 cm³/mol. The van der Waals surface area contributed by atoms with Gasteiger partial charge in [0.1, 0.15) is 5.82 Å². The van der Waals surface area contributed by atoms with Crippen molar-refractivity contribution in [2.75, 3.05) is 20.1 Å². The third kappa shape index (κ3) is 8.31. The smallest absolute Gasteiger partial charge is 0.188 e. The first-order chi connectivity index (χ1) is 8.97. The van der Waals surface area contributed by atoms with Crippen LogP contribution in [0.15, 0.2) is 29.3 Å². The number of benzene rings is 1. The SMILES string of the molecule is CC(C)NC(N)=NCCN(C)Cc1ccc(F)cc1.I. The molecule has 0 bridgehead atoms. The van der Waals surface area contributed by atoms with E-state index < -0.39 is 0 Å². The fraction of sp³-hybridized carbons (Fsp3) is 0.500. The maximum atomic E-state index is 12.8. The van der Waals surface area contributed by atoms with E-state index in [4.69, 9.17) is 5.73 Å². The van der Waals surface area contributed by atoms with E-state index in [2.05, 4.69) is 15.2 Å². The van der Waals surface area contributed by atoms with Crippen LogP contribution in [0, 0.1) is 5.82 Å². The molecule has 0 saturated heterocycles. The zero-order valence-electron chi connectivity index (χ0n) is 12.3. The van der Waals surface area contributed by atoms with Crippen molar-refractivity contribution in [1.29, 1.82) is 0 Å². The summed E-state index contributed by atoms with van der Waals surface area (Å²) in [5.74, 6) is 0.272. The van der Waals surface area contributed by atoms with Crippen molar-refractivity contribution in [2.45, 2.75) is 26.4 Å². The molecule has 6 heteroatoms. The molecule has 0 aliphatic heterocycles. The van der Waals surface area contributed by atoms with E-state index in [1.807, 2.05) is 20.9 Å². The molecule has 0 aliphatic carbocycles. The number of halogens is 2. The zero-order chi connectivity index (χ0) is 14.3. The summed E-state index contributed by atoms with van der Waals surface area (Å²) in [6.07, 6.45) is 0. The highest BCUT2D eigenvalue weighted by atomic mass is 127. The van der Waals surface area contributed by atoms with Crippen molar-refractivity contribution >= 4 is 29.9 Å². The van der Waals surface area contributed by atoms with E-state index in [1.165, 1.54) is 12.1 Å². The number of likely N-dealkylation sites (N-methyl/N-ethyl adjacent to an activating group) is 1. The summed E-state index contributed by atoms with van der Waals surface area (Å²) in [4.78, 5) is 6.37. The van der Waals surface area contributed by atoms with Gasteiger partial charge in [-0.1, -0.05) is 12.1 Å². The van der Waals surface area contributed by atoms with Gasteiger partial charge in [0.2, 0.25) is 0 Å². The van der Waals surface area contributed by atoms with Gasteiger partial charge in [0, 0.05) is 19.1 Å². The highest BCUT2D eigenvalue weighted by molar-refractivity contribution is 14.0. The molecule has 1 aromatic carbocycles. The van der Waals surface area contributed by atoms with Gasteiger partial charge in [-0.2, -0.15) is 0 Å². The second kappa shape index (κ2) is 9.93. The Morgan fingerprint density at radius 2 is 1.95 bits per heavy atom. The van der Waals surface area contributed by atoms with Gasteiger partial charge < -0.3 is 16.0 Å². The van der Waals surface area contributed by atoms with E-state index in [0.29, 0.717) is 18.5 Å². The standard InChI is InChI=1S/C14H23FN4.HI/c1-11(2)18-14(16)17-8-9-19(3)10-12-4-6-13(15)7-5-12;/h4-7,11H,8-10H2,1-3H3,(H3,16,17,18);1H. The van der Waals surface area contributed by atoms with Crippen LogP contribution in [0.25, 0.3) is 0 Å². The Labute approximate surface area is 137 Å². The molecule has 0 aliphatic rings. The number of aliphatic imine (C=N–C) groups is 1. The second-order valence-electron chi connectivity index (χ2n) is 4.93. The van der Waals surface area contributed by atoms with Gasteiger partial charge in [-0.05, 0) is 38.6 Å². The molecule has 1 aromatic rings. The molecule has 0 unspecified atom stereocenters. The Balaban J connectivity index is 0.00000361. The van der Waals surface area contributed by atoms with Crippen LogP contribution in [0.4, 0.5) is 4.39 Å². The van der Waals surface area contributed by atoms with Crippen molar-refractivity contribution in [3.63, 3.8) is 0 Å². The Kier molecular flexibility index (Phi) is 9.49. The van der Waals surface area contributed by atoms with Crippen LogP contribution in [0.5, 0.6) is 0 Å². The highest BCUT2D eigenvalue weighted by Crippen LogP contribution is 2.05. The lowest BCUT2D eigenvalue weighted by Crippen LogP contribution is -2.37. The average molecular weight is 394 g/mol. The van der Waals surface area contributed by atoms with Gasteiger partial charge in [-0.15, -0.1) is 24.0 Å². The number of hydrogen-bond acceptors (Lipinski definition) is 2. The summed E-state index contributed by atoms with van der Waals surface area (Å²) in [7, 11) is 2.00. The first-order valence-corrected chi connectivity index (χ1v) is 6.47. The van der Waals surface area contributed by atoms with Crippen LogP contribution in [0.3, 0.4) is 0 Å². The Bertz CT molecular complexity index is 406. The fourth-order valence-electron chi connectivity index (χ4n) is 1.66. The normalized spacial score (nSPS) is 11.6. The molecule has 0 heterocycles. The minimum Gasteiger partial charge on any atom is -0.370 e. The molecule has 0 spiro atoms. The van der Waals surface area contributed by atoms with Gasteiger partial charge >= 0.3 is 0 Å². The second-order valence-corrected chi connectivity index (χ2v) is 4.93. The van der Waals surface area contributed by atoms with Gasteiger partial charge in [-0.25, -0.2) is 4.39 Å². The van der Waals surface area contributed by atoms with Crippen LogP contribution in [-0.4, -0.2) is 37.0 Å². The third-order valence-electron chi connectivity index (χ3n) is 2.57. The van der Waals surface area contributed by atoms with Crippen molar-refractivity contribution in [3.8, 4) is 0 Å². The van der Waals surface area contributed by atoms with Gasteiger partial charge in [0.15, 0.2) is 5.96 Å². The average Bonchev–Trinajstić information content (AvgIpc) is 2.31. The van der Waals surface area contributed by atoms with E-state index in [9.17, 15) is 4.39 Å². The Morgan fingerprint density at radius 1 is 1.35 bits per heavy atom. The van der Waals surface area contributed by atoms with E-state index in [0.717, 1.165) is 18.7 Å². The van der Waals surface area contributed by atoms with Crippen LogP contribution >= 0.6 is 24.0 Å². The molecule has 0 amide bonds. The number of rotatable bonds is 6. The molecule has 0 radical (unpaired) electrons. The molecule has 4 nitrogen and oxygen atoms in total. The molecule has 0 fully saturated rings. The van der Waals surface area contributed by atoms with Crippen molar-refractivity contribution in [1.82, 2.24) is 10.2 Å². The summed E-state index contributed by atoms with van der Waals surface area (Å²) in [6, 6.07) is 6.84. The summed E-state index contributed by atoms with van der Waals surface area (Å²) in [6.45, 7) is 6.25. The molecule has 1 rings (SSSR count). The van der Waals surface area contributed by atoms with E-state index in [-0.39, 0.29) is 29.8 Å². The Hall–Kier alpha value is -0.890. The van der Waals surface area contributed by atoms with Crippen LogP contribution in [0.2, 0.25) is 0 Å². The predicted octanol–water partition coefficient (Wildman–Crippen LogP) is 2.19. The highest BCUT2D eigenvalue weighted by Gasteiger charge is 2.01. The molecule has 0 aromatic heterocycles. The van der Waals surface area contributed by atoms with Crippen molar-refractivity contribution in [2.24, 2.45) is 10.7 Å². The van der Waals surface area contributed by atoms with E-state index in [1.54, 1.807) is 12.1 Å². The number of nitrogens with zero attached hydrogens (tertiary/aromatic N) is 2. The third-order valence-corrected chi connectivity index (χ3v) is 2.57. The summed E-state index contributed by atoms with van der Waals surface area (Å²) < 4.78 is 12.8.